The van der Waals surface area contributed by atoms with Crippen LogP contribution in [0.5, 0.6) is 5.75 Å². The van der Waals surface area contributed by atoms with Crippen LogP contribution < -0.4 is 10.5 Å². The molecule has 2 N–H and O–H groups in total. The van der Waals surface area contributed by atoms with Crippen LogP contribution >= 0.6 is 0 Å². The second kappa shape index (κ2) is 5.10. The number of hydrogen-bond donors (Lipinski definition) is 1. The van der Waals surface area contributed by atoms with Gasteiger partial charge in [-0.05, 0) is 36.6 Å². The number of ether oxygens (including phenoxy) is 1. The van der Waals surface area contributed by atoms with Crippen LogP contribution in [0, 0.1) is 0 Å². The molecule has 2 heterocycles. The van der Waals surface area contributed by atoms with Crippen LogP contribution in [0.4, 0.5) is 0 Å². The summed E-state index contributed by atoms with van der Waals surface area (Å²) in [7, 11) is 0. The lowest BCUT2D eigenvalue weighted by Crippen LogP contribution is -2.18. The van der Waals surface area contributed by atoms with Gasteiger partial charge in [0.25, 0.3) is 0 Å². The number of aromatic nitrogens is 1. The predicted molar refractivity (Wildman–Crippen MR) is 76.3 cm³/mol. The highest BCUT2D eigenvalue weighted by Crippen LogP contribution is 2.34. The number of nitrogens with two attached hydrogens (primary N) is 1. The van der Waals surface area contributed by atoms with Crippen molar-refractivity contribution in [3.63, 3.8) is 0 Å². The summed E-state index contributed by atoms with van der Waals surface area (Å²) in [6.07, 6.45) is 5.35. The van der Waals surface area contributed by atoms with E-state index < -0.39 is 0 Å². The van der Waals surface area contributed by atoms with Gasteiger partial charge in [-0.1, -0.05) is 18.2 Å². The highest BCUT2D eigenvalue weighted by atomic mass is 16.5. The van der Waals surface area contributed by atoms with Crippen molar-refractivity contribution in [3.05, 3.63) is 53.9 Å². The first kappa shape index (κ1) is 12.3. The maximum absolute atomic E-state index is 5.90. The third-order valence-corrected chi connectivity index (χ3v) is 3.81. The van der Waals surface area contributed by atoms with Gasteiger partial charge in [-0.25, -0.2) is 0 Å². The van der Waals surface area contributed by atoms with Gasteiger partial charge in [0.1, 0.15) is 5.75 Å². The van der Waals surface area contributed by atoms with Gasteiger partial charge < -0.3 is 15.0 Å². The van der Waals surface area contributed by atoms with Gasteiger partial charge in [0.2, 0.25) is 0 Å². The summed E-state index contributed by atoms with van der Waals surface area (Å²) >= 11 is 0. The molecule has 100 valence electrons. The van der Waals surface area contributed by atoms with E-state index in [9.17, 15) is 0 Å². The summed E-state index contributed by atoms with van der Waals surface area (Å²) in [4.78, 5) is 0. The van der Waals surface area contributed by atoms with Crippen LogP contribution in [0.25, 0.3) is 0 Å². The van der Waals surface area contributed by atoms with Gasteiger partial charge in [0.15, 0.2) is 0 Å². The van der Waals surface area contributed by atoms with E-state index in [0.717, 1.165) is 25.3 Å². The van der Waals surface area contributed by atoms with E-state index in [1.54, 1.807) is 0 Å². The van der Waals surface area contributed by atoms with Crippen molar-refractivity contribution in [2.24, 2.45) is 5.73 Å². The topological polar surface area (TPSA) is 40.2 Å². The minimum absolute atomic E-state index is 0.100. The summed E-state index contributed by atoms with van der Waals surface area (Å²) in [5.41, 5.74) is 8.42. The standard InChI is InChI=1S/C16H20N2O/c1-12(17)13-6-8-18(10-13)11-14-7-9-19-16-5-3-2-4-15(14)16/h2-6,8,10,12,14H,7,9,11,17H2,1H3. The van der Waals surface area contributed by atoms with Crippen molar-refractivity contribution in [2.75, 3.05) is 6.61 Å². The average molecular weight is 256 g/mol. The van der Waals surface area contributed by atoms with Crippen molar-refractivity contribution in [1.82, 2.24) is 4.57 Å². The van der Waals surface area contributed by atoms with Gasteiger partial charge in [-0.15, -0.1) is 0 Å². The smallest absolute Gasteiger partial charge is 0.122 e. The minimum Gasteiger partial charge on any atom is -0.493 e. The Hall–Kier alpha value is -1.74. The molecule has 19 heavy (non-hydrogen) atoms. The first-order valence-electron chi connectivity index (χ1n) is 6.87. The second-order valence-corrected chi connectivity index (χ2v) is 5.30. The van der Waals surface area contributed by atoms with E-state index in [1.807, 2.05) is 13.0 Å². The molecule has 0 spiro atoms. The van der Waals surface area contributed by atoms with E-state index in [-0.39, 0.29) is 6.04 Å². The zero-order chi connectivity index (χ0) is 13.2. The zero-order valence-electron chi connectivity index (χ0n) is 11.3. The Morgan fingerprint density at radius 1 is 1.37 bits per heavy atom. The number of hydrogen-bond acceptors (Lipinski definition) is 2. The number of rotatable bonds is 3. The van der Waals surface area contributed by atoms with E-state index >= 15 is 0 Å². The molecule has 0 bridgehead atoms. The Balaban J connectivity index is 1.80. The quantitative estimate of drug-likeness (QED) is 0.916. The molecular formula is C16H20N2O. The largest absolute Gasteiger partial charge is 0.493 e. The Morgan fingerprint density at radius 3 is 3.00 bits per heavy atom. The molecule has 0 saturated carbocycles. The lowest BCUT2D eigenvalue weighted by Gasteiger charge is -2.26. The van der Waals surface area contributed by atoms with Gasteiger partial charge in [0, 0.05) is 30.9 Å². The molecule has 0 fully saturated rings. The molecule has 1 aliphatic rings. The maximum Gasteiger partial charge on any atom is 0.122 e. The average Bonchev–Trinajstić information content (AvgIpc) is 2.88. The molecule has 0 radical (unpaired) electrons. The second-order valence-electron chi connectivity index (χ2n) is 5.30. The SMILES string of the molecule is CC(N)c1ccn(CC2CCOc3ccccc32)c1. The molecule has 0 saturated heterocycles. The highest BCUT2D eigenvalue weighted by Gasteiger charge is 2.21. The summed E-state index contributed by atoms with van der Waals surface area (Å²) < 4.78 is 7.95. The fourth-order valence-electron chi connectivity index (χ4n) is 2.70. The molecule has 3 heteroatoms. The highest BCUT2D eigenvalue weighted by molar-refractivity contribution is 5.37. The number of nitrogens with zero attached hydrogens (tertiary/aromatic N) is 1. The molecule has 0 amide bonds. The predicted octanol–water partition coefficient (Wildman–Crippen LogP) is 3.07. The zero-order valence-corrected chi connectivity index (χ0v) is 11.3. The third-order valence-electron chi connectivity index (χ3n) is 3.81. The van der Waals surface area contributed by atoms with Crippen molar-refractivity contribution in [1.29, 1.82) is 0 Å². The summed E-state index contributed by atoms with van der Waals surface area (Å²) in [6.45, 7) is 3.82. The maximum atomic E-state index is 5.90. The Bertz CT molecular complexity index is 559. The van der Waals surface area contributed by atoms with Crippen molar-refractivity contribution in [3.8, 4) is 5.75 Å². The van der Waals surface area contributed by atoms with Gasteiger partial charge in [-0.3, -0.25) is 0 Å². The number of para-hydroxylation sites is 1. The molecule has 2 atom stereocenters. The van der Waals surface area contributed by atoms with E-state index in [2.05, 4.69) is 41.2 Å². The van der Waals surface area contributed by atoms with Crippen molar-refractivity contribution < 1.29 is 4.74 Å². The third kappa shape index (κ3) is 2.51. The molecule has 1 aromatic heterocycles. The van der Waals surface area contributed by atoms with E-state index in [1.165, 1.54) is 11.1 Å². The Kier molecular flexibility index (Phi) is 3.30. The first-order valence-corrected chi connectivity index (χ1v) is 6.87. The number of benzene rings is 1. The monoisotopic (exact) mass is 256 g/mol. The van der Waals surface area contributed by atoms with Crippen LogP contribution in [0.3, 0.4) is 0 Å². The van der Waals surface area contributed by atoms with E-state index in [0.29, 0.717) is 5.92 Å². The molecular weight excluding hydrogens is 236 g/mol. The summed E-state index contributed by atoms with van der Waals surface area (Å²) in [5, 5.41) is 0. The molecule has 2 unspecified atom stereocenters. The molecule has 3 rings (SSSR count). The van der Waals surface area contributed by atoms with Crippen molar-refractivity contribution in [2.45, 2.75) is 31.8 Å². The fraction of sp³-hybridized carbons (Fsp3) is 0.375. The van der Waals surface area contributed by atoms with Crippen LogP contribution in [-0.4, -0.2) is 11.2 Å². The fourth-order valence-corrected chi connectivity index (χ4v) is 2.70. The molecule has 0 aliphatic carbocycles. The van der Waals surface area contributed by atoms with Gasteiger partial charge in [-0.2, -0.15) is 0 Å². The molecule has 3 nitrogen and oxygen atoms in total. The van der Waals surface area contributed by atoms with E-state index in [4.69, 9.17) is 10.5 Å². The minimum atomic E-state index is 0.100. The Labute approximate surface area is 114 Å². The Morgan fingerprint density at radius 2 is 2.21 bits per heavy atom. The normalized spacial score (nSPS) is 19.6. The van der Waals surface area contributed by atoms with Crippen LogP contribution in [0.15, 0.2) is 42.7 Å². The van der Waals surface area contributed by atoms with Crippen LogP contribution in [0.1, 0.15) is 36.4 Å². The molecule has 1 aliphatic heterocycles. The van der Waals surface area contributed by atoms with Gasteiger partial charge in [0.05, 0.1) is 6.61 Å². The lowest BCUT2D eigenvalue weighted by molar-refractivity contribution is 0.259. The lowest BCUT2D eigenvalue weighted by atomic mass is 9.93. The van der Waals surface area contributed by atoms with Crippen LogP contribution in [0.2, 0.25) is 0 Å². The number of fused-ring (bicyclic) bond motifs is 1. The summed E-state index contributed by atoms with van der Waals surface area (Å²) in [5.74, 6) is 1.57. The van der Waals surface area contributed by atoms with Gasteiger partial charge >= 0.3 is 0 Å². The van der Waals surface area contributed by atoms with Crippen LogP contribution in [-0.2, 0) is 6.54 Å². The molecule has 1 aromatic carbocycles. The first-order chi connectivity index (χ1) is 9.24. The summed E-state index contributed by atoms with van der Waals surface area (Å²) in [6, 6.07) is 10.6. The van der Waals surface area contributed by atoms with Crippen molar-refractivity contribution >= 4 is 0 Å². The molecule has 2 aromatic rings.